The molecule has 0 fully saturated rings. The highest BCUT2D eigenvalue weighted by Crippen LogP contribution is 2.46. The summed E-state index contributed by atoms with van der Waals surface area (Å²) < 4.78 is 9.09. The highest BCUT2D eigenvalue weighted by molar-refractivity contribution is 6.12. The zero-order valence-corrected chi connectivity index (χ0v) is 38.7. The fourth-order valence-electron chi connectivity index (χ4n) is 11.1. The van der Waals surface area contributed by atoms with Crippen molar-refractivity contribution in [1.29, 1.82) is 0 Å². The van der Waals surface area contributed by atoms with Gasteiger partial charge in [-0.15, -0.1) is 0 Å². The van der Waals surface area contributed by atoms with Crippen LogP contribution in [-0.2, 0) is 0 Å². The Hall–Kier alpha value is -9.44. The maximum atomic E-state index is 6.68. The molecule has 0 saturated heterocycles. The normalized spacial score (nSPS) is 11.7. The summed E-state index contributed by atoms with van der Waals surface area (Å²) in [7, 11) is 0. The fraction of sp³-hybridized carbons (Fsp3) is 0. The van der Waals surface area contributed by atoms with Crippen molar-refractivity contribution >= 4 is 82.4 Å². The summed E-state index contributed by atoms with van der Waals surface area (Å²) in [5, 5.41) is 9.74. The molecule has 0 bridgehead atoms. The van der Waals surface area contributed by atoms with Gasteiger partial charge in [-0.25, -0.2) is 0 Å². The van der Waals surface area contributed by atoms with E-state index in [9.17, 15) is 0 Å². The third-order valence-corrected chi connectivity index (χ3v) is 14.4. The van der Waals surface area contributed by atoms with Gasteiger partial charge in [-0.3, -0.25) is 0 Å². The van der Waals surface area contributed by atoms with Crippen molar-refractivity contribution in [3.8, 4) is 50.2 Å². The first-order valence-corrected chi connectivity index (χ1v) is 24.3. The molecule has 0 spiro atoms. The van der Waals surface area contributed by atoms with E-state index >= 15 is 0 Å². The molecule has 0 aliphatic carbocycles. The van der Waals surface area contributed by atoms with Crippen LogP contribution in [-0.4, -0.2) is 4.57 Å². The number of aromatic nitrogens is 1. The fourth-order valence-corrected chi connectivity index (χ4v) is 11.1. The number of para-hydroxylation sites is 6. The van der Waals surface area contributed by atoms with Crippen LogP contribution in [0.1, 0.15) is 0 Å². The first-order chi connectivity index (χ1) is 35.2. The van der Waals surface area contributed by atoms with Crippen molar-refractivity contribution in [2.24, 2.45) is 0 Å². The summed E-state index contributed by atoms with van der Waals surface area (Å²) in [5.41, 5.74) is 17.6. The molecule has 2 aromatic heterocycles. The lowest BCUT2D eigenvalue weighted by Gasteiger charge is -2.28. The van der Waals surface area contributed by atoms with Crippen LogP contribution < -0.4 is 4.90 Å². The van der Waals surface area contributed by atoms with Gasteiger partial charge in [-0.05, 0) is 116 Å². The molecule has 14 rings (SSSR count). The molecule has 0 atom stereocenters. The van der Waals surface area contributed by atoms with Gasteiger partial charge >= 0.3 is 0 Å². The predicted octanol–water partition coefficient (Wildman–Crippen LogP) is 19.1. The molecular formula is C68H44N2O. The summed E-state index contributed by atoms with van der Waals surface area (Å²) in [6.45, 7) is 0. The van der Waals surface area contributed by atoms with Gasteiger partial charge in [0.15, 0.2) is 0 Å². The number of fused-ring (bicyclic) bond motifs is 9. The lowest BCUT2D eigenvalue weighted by molar-refractivity contribution is 0.670. The van der Waals surface area contributed by atoms with E-state index in [0.717, 1.165) is 78.1 Å². The number of benzene rings is 12. The van der Waals surface area contributed by atoms with E-state index in [0.29, 0.717) is 0 Å². The van der Waals surface area contributed by atoms with Crippen LogP contribution in [0.2, 0.25) is 0 Å². The second-order valence-electron chi connectivity index (χ2n) is 18.4. The molecule has 71 heavy (non-hydrogen) atoms. The van der Waals surface area contributed by atoms with Crippen molar-refractivity contribution in [2.75, 3.05) is 4.90 Å². The van der Waals surface area contributed by atoms with Crippen LogP contribution in [0.15, 0.2) is 271 Å². The molecule has 0 aliphatic rings. The molecule has 0 radical (unpaired) electrons. The Morgan fingerprint density at radius 2 is 0.859 bits per heavy atom. The van der Waals surface area contributed by atoms with E-state index in [1.165, 1.54) is 54.5 Å². The molecule has 0 aliphatic heterocycles. The minimum atomic E-state index is 0.883. The Labute approximate surface area is 411 Å². The first-order valence-electron chi connectivity index (χ1n) is 24.3. The van der Waals surface area contributed by atoms with Crippen LogP contribution in [0, 0.1) is 0 Å². The molecule has 14 aromatic rings. The standard InChI is InChI=1S/C68H44N2O/c1-2-21-54-46(16-1)34-35-51-43-49(38-41-55(51)54)48-18-14-20-53(44-48)69(64-30-9-6-25-59(64)61-27-15-28-62-60-26-7-12-33-67(60)71-68(61)62)52-39-36-45(37-40-52)47-17-13-19-50(42-47)56-22-3-8-29-63(56)70-65-31-10-4-23-57(65)58-24-5-11-32-66(58)70/h1-44H. The molecule has 0 N–H and O–H groups in total. The van der Waals surface area contributed by atoms with Gasteiger partial charge in [0, 0.05) is 49.6 Å². The summed E-state index contributed by atoms with van der Waals surface area (Å²) in [5.74, 6) is 0. The van der Waals surface area contributed by atoms with Crippen LogP contribution in [0.25, 0.3) is 115 Å². The van der Waals surface area contributed by atoms with E-state index < -0.39 is 0 Å². The van der Waals surface area contributed by atoms with Crippen LogP contribution in [0.4, 0.5) is 17.1 Å². The predicted molar refractivity (Wildman–Crippen MR) is 299 cm³/mol. The minimum Gasteiger partial charge on any atom is -0.455 e. The Kier molecular flexibility index (Phi) is 9.53. The van der Waals surface area contributed by atoms with Gasteiger partial charge < -0.3 is 13.9 Å². The monoisotopic (exact) mass is 904 g/mol. The molecule has 0 saturated carbocycles. The third kappa shape index (κ3) is 6.82. The van der Waals surface area contributed by atoms with Gasteiger partial charge in [0.25, 0.3) is 0 Å². The van der Waals surface area contributed by atoms with Gasteiger partial charge in [0.2, 0.25) is 0 Å². The molecular weight excluding hydrogens is 861 g/mol. The largest absolute Gasteiger partial charge is 0.455 e. The number of furan rings is 1. The van der Waals surface area contributed by atoms with Crippen LogP contribution in [0.5, 0.6) is 0 Å². The van der Waals surface area contributed by atoms with Crippen molar-refractivity contribution in [1.82, 2.24) is 4.57 Å². The summed E-state index contributed by atoms with van der Waals surface area (Å²) in [4.78, 5) is 2.40. The lowest BCUT2D eigenvalue weighted by atomic mass is 9.96. The topological polar surface area (TPSA) is 21.3 Å². The molecule has 332 valence electrons. The van der Waals surface area contributed by atoms with Crippen molar-refractivity contribution in [3.05, 3.63) is 267 Å². The summed E-state index contributed by atoms with van der Waals surface area (Å²) >= 11 is 0. The Morgan fingerprint density at radius 3 is 1.69 bits per heavy atom. The van der Waals surface area contributed by atoms with Gasteiger partial charge in [0.05, 0.1) is 22.4 Å². The zero-order valence-electron chi connectivity index (χ0n) is 38.7. The number of hydrogen-bond donors (Lipinski definition) is 0. The Bertz CT molecular complexity index is 4310. The van der Waals surface area contributed by atoms with Gasteiger partial charge in [-0.2, -0.15) is 0 Å². The number of nitrogens with zero attached hydrogens (tertiary/aromatic N) is 2. The van der Waals surface area contributed by atoms with E-state index in [1.807, 2.05) is 6.07 Å². The highest BCUT2D eigenvalue weighted by atomic mass is 16.3. The Balaban J connectivity index is 0.891. The summed E-state index contributed by atoms with van der Waals surface area (Å²) in [6.07, 6.45) is 0. The SMILES string of the molecule is c1cc(-c2ccc(N(c3cccc(-c4ccc5c(ccc6ccccc65)c4)c3)c3ccccc3-c3cccc4c3oc3ccccc34)cc2)cc(-c2ccccc2-n2c3ccccc3c3ccccc32)c1. The number of anilines is 3. The number of hydrogen-bond acceptors (Lipinski definition) is 2. The van der Waals surface area contributed by atoms with Crippen molar-refractivity contribution in [2.45, 2.75) is 0 Å². The van der Waals surface area contributed by atoms with Crippen LogP contribution >= 0.6 is 0 Å². The van der Waals surface area contributed by atoms with E-state index in [4.69, 9.17) is 4.42 Å². The maximum Gasteiger partial charge on any atom is 0.143 e. The first kappa shape index (κ1) is 40.6. The second-order valence-corrected chi connectivity index (χ2v) is 18.4. The smallest absolute Gasteiger partial charge is 0.143 e. The molecule has 0 amide bonds. The maximum absolute atomic E-state index is 6.68. The minimum absolute atomic E-state index is 0.883. The molecule has 12 aromatic carbocycles. The van der Waals surface area contributed by atoms with Gasteiger partial charge in [-0.1, -0.05) is 200 Å². The van der Waals surface area contributed by atoms with Crippen LogP contribution in [0.3, 0.4) is 0 Å². The zero-order chi connectivity index (χ0) is 46.8. The molecule has 0 unspecified atom stereocenters. The van der Waals surface area contributed by atoms with Gasteiger partial charge in [0.1, 0.15) is 11.2 Å². The number of rotatable bonds is 8. The molecule has 3 heteroatoms. The summed E-state index contributed by atoms with van der Waals surface area (Å²) in [6, 6.07) is 96.7. The van der Waals surface area contributed by atoms with E-state index in [2.05, 4.69) is 270 Å². The Morgan fingerprint density at radius 1 is 0.296 bits per heavy atom. The van der Waals surface area contributed by atoms with E-state index in [-0.39, 0.29) is 0 Å². The van der Waals surface area contributed by atoms with Crippen molar-refractivity contribution < 1.29 is 4.42 Å². The molecule has 2 heterocycles. The third-order valence-electron chi connectivity index (χ3n) is 14.4. The average molecular weight is 905 g/mol. The highest BCUT2D eigenvalue weighted by Gasteiger charge is 2.22. The lowest BCUT2D eigenvalue weighted by Crippen LogP contribution is -2.11. The quantitative estimate of drug-likeness (QED) is 0.142. The second kappa shape index (κ2) is 16.7. The average Bonchev–Trinajstić information content (AvgIpc) is 4.00. The van der Waals surface area contributed by atoms with Crippen molar-refractivity contribution in [3.63, 3.8) is 0 Å². The van der Waals surface area contributed by atoms with E-state index in [1.54, 1.807) is 0 Å². The molecule has 3 nitrogen and oxygen atoms in total.